The van der Waals surface area contributed by atoms with Gasteiger partial charge in [-0.25, -0.2) is 4.79 Å². The molecule has 14 heavy (non-hydrogen) atoms. The maximum absolute atomic E-state index is 11.5. The fourth-order valence-corrected chi connectivity index (χ4v) is 2.02. The van der Waals surface area contributed by atoms with Crippen molar-refractivity contribution in [2.45, 2.75) is 51.5 Å². The SMILES string of the molecule is CCOC(=O)N(C)C1CCCCCC1. The topological polar surface area (TPSA) is 29.5 Å². The molecule has 1 saturated carbocycles. The van der Waals surface area contributed by atoms with Crippen molar-refractivity contribution in [1.29, 1.82) is 0 Å². The fourth-order valence-electron chi connectivity index (χ4n) is 2.02. The fraction of sp³-hybridized carbons (Fsp3) is 0.909. The van der Waals surface area contributed by atoms with Gasteiger partial charge in [-0.1, -0.05) is 25.7 Å². The van der Waals surface area contributed by atoms with Crippen LogP contribution in [0, 0.1) is 0 Å². The lowest BCUT2D eigenvalue weighted by Crippen LogP contribution is -2.37. The van der Waals surface area contributed by atoms with Crippen LogP contribution in [0.4, 0.5) is 4.79 Å². The lowest BCUT2D eigenvalue weighted by molar-refractivity contribution is 0.0982. The zero-order valence-electron chi connectivity index (χ0n) is 9.29. The molecule has 1 aliphatic carbocycles. The number of hydrogen-bond donors (Lipinski definition) is 0. The van der Waals surface area contributed by atoms with Crippen LogP contribution in [0.5, 0.6) is 0 Å². The quantitative estimate of drug-likeness (QED) is 0.640. The van der Waals surface area contributed by atoms with E-state index in [0.29, 0.717) is 12.6 Å². The van der Waals surface area contributed by atoms with Crippen molar-refractivity contribution >= 4 is 6.09 Å². The number of rotatable bonds is 2. The maximum atomic E-state index is 11.5. The molecule has 0 spiro atoms. The van der Waals surface area contributed by atoms with Gasteiger partial charge in [0.05, 0.1) is 6.61 Å². The highest BCUT2D eigenvalue weighted by molar-refractivity contribution is 5.67. The van der Waals surface area contributed by atoms with Gasteiger partial charge in [-0.2, -0.15) is 0 Å². The number of carbonyl (C=O) groups excluding carboxylic acids is 1. The van der Waals surface area contributed by atoms with Gasteiger partial charge in [0.1, 0.15) is 0 Å². The summed E-state index contributed by atoms with van der Waals surface area (Å²) in [6.07, 6.45) is 7.22. The lowest BCUT2D eigenvalue weighted by Gasteiger charge is -2.26. The number of nitrogens with zero attached hydrogens (tertiary/aromatic N) is 1. The van der Waals surface area contributed by atoms with Gasteiger partial charge in [0.25, 0.3) is 0 Å². The van der Waals surface area contributed by atoms with Crippen molar-refractivity contribution in [1.82, 2.24) is 4.90 Å². The maximum Gasteiger partial charge on any atom is 0.409 e. The number of carbonyl (C=O) groups is 1. The van der Waals surface area contributed by atoms with E-state index in [1.54, 1.807) is 4.90 Å². The molecular formula is C11H21NO2. The van der Waals surface area contributed by atoms with Crippen LogP contribution in [-0.4, -0.2) is 30.7 Å². The van der Waals surface area contributed by atoms with E-state index in [1.165, 1.54) is 25.7 Å². The van der Waals surface area contributed by atoms with E-state index in [2.05, 4.69) is 0 Å². The molecule has 1 amide bonds. The zero-order chi connectivity index (χ0) is 10.4. The summed E-state index contributed by atoms with van der Waals surface area (Å²) in [6, 6.07) is 0.400. The molecule has 0 aromatic carbocycles. The molecule has 1 rings (SSSR count). The van der Waals surface area contributed by atoms with Crippen molar-refractivity contribution in [2.24, 2.45) is 0 Å². The normalized spacial score (nSPS) is 18.7. The molecule has 0 bridgehead atoms. The number of ether oxygens (including phenoxy) is 1. The third-order valence-electron chi connectivity index (χ3n) is 2.93. The molecule has 0 radical (unpaired) electrons. The zero-order valence-corrected chi connectivity index (χ0v) is 9.29. The molecule has 0 N–H and O–H groups in total. The summed E-state index contributed by atoms with van der Waals surface area (Å²) in [7, 11) is 1.86. The molecular weight excluding hydrogens is 178 g/mol. The van der Waals surface area contributed by atoms with Gasteiger partial charge in [-0.05, 0) is 19.8 Å². The second kappa shape index (κ2) is 5.89. The minimum Gasteiger partial charge on any atom is -0.450 e. The number of amides is 1. The van der Waals surface area contributed by atoms with Crippen LogP contribution in [0.15, 0.2) is 0 Å². The summed E-state index contributed by atoms with van der Waals surface area (Å²) in [5, 5.41) is 0. The molecule has 0 saturated heterocycles. The van der Waals surface area contributed by atoms with Crippen LogP contribution in [0.25, 0.3) is 0 Å². The Kier molecular flexibility index (Phi) is 4.77. The number of hydrogen-bond acceptors (Lipinski definition) is 2. The Balaban J connectivity index is 2.40. The van der Waals surface area contributed by atoms with Gasteiger partial charge in [0.2, 0.25) is 0 Å². The Labute approximate surface area is 86.4 Å². The van der Waals surface area contributed by atoms with Crippen molar-refractivity contribution in [2.75, 3.05) is 13.7 Å². The second-order valence-electron chi connectivity index (χ2n) is 3.96. The van der Waals surface area contributed by atoms with E-state index in [0.717, 1.165) is 12.8 Å². The summed E-state index contributed by atoms with van der Waals surface area (Å²) in [6.45, 7) is 2.31. The second-order valence-corrected chi connectivity index (χ2v) is 3.96. The van der Waals surface area contributed by atoms with E-state index in [1.807, 2.05) is 14.0 Å². The van der Waals surface area contributed by atoms with E-state index in [4.69, 9.17) is 4.74 Å². The molecule has 3 nitrogen and oxygen atoms in total. The Morgan fingerprint density at radius 1 is 1.29 bits per heavy atom. The Morgan fingerprint density at radius 3 is 2.36 bits per heavy atom. The summed E-state index contributed by atoms with van der Waals surface area (Å²) in [4.78, 5) is 13.2. The van der Waals surface area contributed by atoms with Crippen LogP contribution in [0.3, 0.4) is 0 Å². The first-order chi connectivity index (χ1) is 6.75. The molecule has 1 aliphatic rings. The minimum atomic E-state index is -0.167. The third-order valence-corrected chi connectivity index (χ3v) is 2.93. The van der Waals surface area contributed by atoms with Crippen molar-refractivity contribution < 1.29 is 9.53 Å². The van der Waals surface area contributed by atoms with E-state index < -0.39 is 0 Å². The molecule has 3 heteroatoms. The largest absolute Gasteiger partial charge is 0.450 e. The summed E-state index contributed by atoms with van der Waals surface area (Å²) in [5.41, 5.74) is 0. The molecule has 0 aliphatic heterocycles. The average Bonchev–Trinajstić information content (AvgIpc) is 2.45. The molecule has 0 heterocycles. The Hall–Kier alpha value is -0.730. The van der Waals surface area contributed by atoms with Crippen molar-refractivity contribution in [3.8, 4) is 0 Å². The highest BCUT2D eigenvalue weighted by Crippen LogP contribution is 2.21. The third kappa shape index (κ3) is 3.20. The molecule has 0 aromatic heterocycles. The standard InChI is InChI=1S/C11H21NO2/c1-3-14-11(13)12(2)10-8-6-4-5-7-9-10/h10H,3-9H2,1-2H3. The first-order valence-electron chi connectivity index (χ1n) is 5.65. The summed E-state index contributed by atoms with van der Waals surface area (Å²) < 4.78 is 4.98. The Bertz CT molecular complexity index is 174. The minimum absolute atomic E-state index is 0.167. The van der Waals surface area contributed by atoms with Crippen LogP contribution in [0.2, 0.25) is 0 Å². The van der Waals surface area contributed by atoms with Crippen LogP contribution in [0.1, 0.15) is 45.4 Å². The molecule has 82 valence electrons. The summed E-state index contributed by atoms with van der Waals surface area (Å²) >= 11 is 0. The van der Waals surface area contributed by atoms with Crippen LogP contribution >= 0.6 is 0 Å². The molecule has 0 unspecified atom stereocenters. The molecule has 1 fully saturated rings. The first kappa shape index (κ1) is 11.3. The van der Waals surface area contributed by atoms with Gasteiger partial charge in [-0.15, -0.1) is 0 Å². The van der Waals surface area contributed by atoms with Gasteiger partial charge in [0, 0.05) is 13.1 Å². The monoisotopic (exact) mass is 199 g/mol. The van der Waals surface area contributed by atoms with Gasteiger partial charge >= 0.3 is 6.09 Å². The Morgan fingerprint density at radius 2 is 1.86 bits per heavy atom. The van der Waals surface area contributed by atoms with Crippen LogP contribution < -0.4 is 0 Å². The highest BCUT2D eigenvalue weighted by Gasteiger charge is 2.21. The predicted octanol–water partition coefficient (Wildman–Crippen LogP) is 2.80. The highest BCUT2D eigenvalue weighted by atomic mass is 16.6. The molecule has 0 aromatic rings. The lowest BCUT2D eigenvalue weighted by atomic mass is 10.1. The van der Waals surface area contributed by atoms with Crippen LogP contribution in [-0.2, 0) is 4.74 Å². The summed E-state index contributed by atoms with van der Waals surface area (Å²) in [5.74, 6) is 0. The van der Waals surface area contributed by atoms with Gasteiger partial charge < -0.3 is 9.64 Å². The van der Waals surface area contributed by atoms with Crippen molar-refractivity contribution in [3.05, 3.63) is 0 Å². The predicted molar refractivity (Wildman–Crippen MR) is 56.3 cm³/mol. The smallest absolute Gasteiger partial charge is 0.409 e. The van der Waals surface area contributed by atoms with Crippen molar-refractivity contribution in [3.63, 3.8) is 0 Å². The molecule has 0 atom stereocenters. The van der Waals surface area contributed by atoms with Gasteiger partial charge in [0.15, 0.2) is 0 Å². The van der Waals surface area contributed by atoms with Gasteiger partial charge in [-0.3, -0.25) is 0 Å². The average molecular weight is 199 g/mol. The van der Waals surface area contributed by atoms with E-state index >= 15 is 0 Å². The van der Waals surface area contributed by atoms with E-state index in [9.17, 15) is 4.79 Å². The van der Waals surface area contributed by atoms with E-state index in [-0.39, 0.29) is 6.09 Å². The first-order valence-corrected chi connectivity index (χ1v) is 5.65.